The van der Waals surface area contributed by atoms with Crippen molar-refractivity contribution in [2.45, 2.75) is 51.1 Å². The Morgan fingerprint density at radius 2 is 1.64 bits per heavy atom. The quantitative estimate of drug-likeness (QED) is 0.0356. The maximum Gasteiger partial charge on any atom is 0.326 e. The predicted molar refractivity (Wildman–Crippen MR) is 239 cm³/mol. The number of ether oxygens (including phenoxy) is 2. The number of H-pyrrole nitrogens is 1. The molecule has 20 nitrogen and oxygen atoms in total. The number of amides is 3. The predicted octanol–water partition coefficient (Wildman–Crippen LogP) is 2.57. The highest BCUT2D eigenvalue weighted by Gasteiger charge is 2.40. The molecule has 66 heavy (non-hydrogen) atoms. The Kier molecular flexibility index (Phi) is 14.8. The third kappa shape index (κ3) is 11.6. The van der Waals surface area contributed by atoms with Gasteiger partial charge in [-0.1, -0.05) is 48.5 Å². The number of nitrogens with zero attached hydrogens (tertiary/aromatic N) is 4. The summed E-state index contributed by atoms with van der Waals surface area (Å²) in [4.78, 5) is 103. The smallest absolute Gasteiger partial charge is 0.326 e. The molecule has 1 aliphatic heterocycles. The summed E-state index contributed by atoms with van der Waals surface area (Å²) in [7, 11) is 0. The fourth-order valence-electron chi connectivity index (χ4n) is 7.67. The maximum absolute atomic E-state index is 13.4. The van der Waals surface area contributed by atoms with E-state index in [0.717, 1.165) is 22.4 Å². The highest BCUT2D eigenvalue weighted by atomic mass is 16.6. The van der Waals surface area contributed by atoms with E-state index in [1.54, 1.807) is 18.2 Å². The summed E-state index contributed by atoms with van der Waals surface area (Å²) in [6, 6.07) is 20.4. The van der Waals surface area contributed by atoms with Crippen LogP contribution < -0.4 is 32.6 Å². The Morgan fingerprint density at radius 3 is 2.36 bits per heavy atom. The Balaban J connectivity index is 0.799. The van der Waals surface area contributed by atoms with Crippen LogP contribution in [0.3, 0.4) is 0 Å². The van der Waals surface area contributed by atoms with Crippen molar-refractivity contribution in [3.05, 3.63) is 124 Å². The van der Waals surface area contributed by atoms with Gasteiger partial charge in [-0.05, 0) is 47.4 Å². The first-order valence-electron chi connectivity index (χ1n) is 21.3. The van der Waals surface area contributed by atoms with Gasteiger partial charge in [0, 0.05) is 61.7 Å². The standard InChI is InChI=1S/C46H48N10O10/c47-46-54-42-41(44(62)55-46)52-31(25-51-42)24-50-30-12-10-29(11-13-30)43(61)53-36(45(63)64)14-15-38(58)48-18-19-49-39(59)16-17-40(60)66-27-56(20-5-21-65-26-56)32-22-35-33(28-6-2-1-3-7-28)8-4-9-34(35)37(57)23-32/h1-4,6-13,23,25,36H,5,14-22,24,26-27H2,(H7-,47,48,49,50,51,53,54,55,58,59,61,62,63,64)/p+1. The Bertz CT molecular complexity index is 2720. The minimum Gasteiger partial charge on any atom is -0.480 e. The van der Waals surface area contributed by atoms with Crippen LogP contribution in [0, 0.1) is 0 Å². The first kappa shape index (κ1) is 46.2. The molecule has 1 fully saturated rings. The number of carbonyl (C=O) groups excluding carboxylic acids is 5. The molecular weight excluding hydrogens is 853 g/mol. The molecule has 1 saturated heterocycles. The minimum atomic E-state index is -1.36. The number of fused-ring (bicyclic) bond motifs is 2. The number of nitrogens with one attached hydrogen (secondary N) is 5. The maximum atomic E-state index is 13.4. The van der Waals surface area contributed by atoms with Crippen LogP contribution in [0.4, 0.5) is 11.6 Å². The van der Waals surface area contributed by atoms with Crippen molar-refractivity contribution in [3.63, 3.8) is 0 Å². The molecule has 0 spiro atoms. The molecule has 8 N–H and O–H groups in total. The van der Waals surface area contributed by atoms with E-state index in [9.17, 15) is 38.7 Å². The van der Waals surface area contributed by atoms with Gasteiger partial charge in [0.2, 0.25) is 24.5 Å². The SMILES string of the molecule is Nc1nc2ncc(CNc3ccc(C(=O)NC(CCC(=O)NCCNC(=O)CCC(=O)OC[N+]4(C5=CC(=O)c6cccc(-c7ccccc7)c6C5)CCCOC4)C(=O)O)cc3)nc2c(=O)[nH]1. The topological polar surface area (TPSA) is 287 Å². The fourth-order valence-corrected chi connectivity index (χ4v) is 7.67. The molecule has 342 valence electrons. The average molecular weight is 902 g/mol. The summed E-state index contributed by atoms with van der Waals surface area (Å²) < 4.78 is 11.7. The molecule has 2 atom stereocenters. The summed E-state index contributed by atoms with van der Waals surface area (Å²) >= 11 is 0. The van der Waals surface area contributed by atoms with E-state index in [2.05, 4.69) is 41.2 Å². The van der Waals surface area contributed by atoms with E-state index in [1.165, 1.54) is 18.3 Å². The zero-order valence-electron chi connectivity index (χ0n) is 35.8. The van der Waals surface area contributed by atoms with Gasteiger partial charge in [0.25, 0.3) is 11.5 Å². The number of hydrogen-bond donors (Lipinski definition) is 7. The van der Waals surface area contributed by atoms with E-state index in [0.29, 0.717) is 42.9 Å². The summed E-state index contributed by atoms with van der Waals surface area (Å²) in [5, 5.41) is 20.5. The second-order valence-corrected chi connectivity index (χ2v) is 15.8. The molecule has 0 bridgehead atoms. The number of esters is 1. The molecule has 5 aromatic rings. The van der Waals surface area contributed by atoms with Gasteiger partial charge < -0.3 is 41.6 Å². The average Bonchev–Trinajstić information content (AvgIpc) is 3.32. The fraction of sp³-hybridized carbons (Fsp3) is 0.304. The van der Waals surface area contributed by atoms with Gasteiger partial charge in [-0.25, -0.2) is 19.2 Å². The minimum absolute atomic E-state index is 0.0358. The third-order valence-electron chi connectivity index (χ3n) is 11.2. The number of aromatic amines is 1. The zero-order chi connectivity index (χ0) is 46.6. The number of aliphatic carboxylic acids is 1. The highest BCUT2D eigenvalue weighted by Crippen LogP contribution is 2.36. The van der Waals surface area contributed by atoms with Crippen LogP contribution in [0.5, 0.6) is 0 Å². The number of carboxylic acids is 1. The molecule has 3 amide bonds. The van der Waals surface area contributed by atoms with E-state index in [-0.39, 0.29) is 91.7 Å². The number of allylic oxidation sites excluding steroid dienone is 2. The first-order valence-corrected chi connectivity index (χ1v) is 21.3. The van der Waals surface area contributed by atoms with E-state index in [1.807, 2.05) is 48.5 Å². The molecular formula is C46H49N10O10+. The van der Waals surface area contributed by atoms with Crippen molar-refractivity contribution < 1.29 is 47.8 Å². The molecule has 2 unspecified atom stereocenters. The Hall–Kier alpha value is -7.84. The highest BCUT2D eigenvalue weighted by molar-refractivity contribution is 6.08. The van der Waals surface area contributed by atoms with Crippen LogP contribution in [0.25, 0.3) is 22.3 Å². The van der Waals surface area contributed by atoms with Gasteiger partial charge in [-0.3, -0.25) is 33.8 Å². The van der Waals surface area contributed by atoms with Crippen molar-refractivity contribution in [2.24, 2.45) is 0 Å². The van der Waals surface area contributed by atoms with Crippen LogP contribution in [0.1, 0.15) is 64.1 Å². The number of carbonyl (C=O) groups is 6. The van der Waals surface area contributed by atoms with Gasteiger partial charge in [-0.2, -0.15) is 4.98 Å². The number of ketones is 1. The Morgan fingerprint density at radius 1 is 0.894 bits per heavy atom. The lowest BCUT2D eigenvalue weighted by Crippen LogP contribution is -2.55. The second-order valence-electron chi connectivity index (χ2n) is 15.8. The monoisotopic (exact) mass is 901 g/mol. The van der Waals surface area contributed by atoms with Gasteiger partial charge in [-0.15, -0.1) is 0 Å². The van der Waals surface area contributed by atoms with E-state index in [4.69, 9.17) is 15.2 Å². The molecule has 7 rings (SSSR count). The van der Waals surface area contributed by atoms with Crippen molar-refractivity contribution in [1.82, 2.24) is 35.9 Å². The number of quaternary nitrogens is 1. The number of nitrogens with two attached hydrogens (primary N) is 1. The van der Waals surface area contributed by atoms with Gasteiger partial charge in [0.05, 0.1) is 38.0 Å². The largest absolute Gasteiger partial charge is 0.480 e. The third-order valence-corrected chi connectivity index (χ3v) is 11.2. The zero-order valence-corrected chi connectivity index (χ0v) is 35.8. The lowest BCUT2D eigenvalue weighted by molar-refractivity contribution is -0.934. The number of rotatable bonds is 19. The lowest BCUT2D eigenvalue weighted by Gasteiger charge is -2.42. The molecule has 3 heterocycles. The van der Waals surface area contributed by atoms with Crippen LogP contribution in [0.2, 0.25) is 0 Å². The molecule has 3 aromatic carbocycles. The Labute approximate surface area is 377 Å². The van der Waals surface area contributed by atoms with E-state index >= 15 is 0 Å². The summed E-state index contributed by atoms with van der Waals surface area (Å²) in [5.41, 5.74) is 10.7. The molecule has 0 saturated carbocycles. The summed E-state index contributed by atoms with van der Waals surface area (Å²) in [6.07, 6.45) is 3.50. The van der Waals surface area contributed by atoms with Gasteiger partial charge >= 0.3 is 11.9 Å². The molecule has 2 aromatic heterocycles. The van der Waals surface area contributed by atoms with Crippen molar-refractivity contribution in [1.29, 1.82) is 0 Å². The molecule has 2 aliphatic rings. The van der Waals surface area contributed by atoms with Crippen LogP contribution >= 0.6 is 0 Å². The number of aromatic nitrogens is 4. The van der Waals surface area contributed by atoms with Gasteiger partial charge in [0.15, 0.2) is 23.7 Å². The molecule has 20 heteroatoms. The van der Waals surface area contributed by atoms with E-state index < -0.39 is 41.3 Å². The molecule has 1 aliphatic carbocycles. The second kappa shape index (κ2) is 21.2. The molecule has 0 radical (unpaired) electrons. The summed E-state index contributed by atoms with van der Waals surface area (Å²) in [5.74, 6) is -3.67. The normalized spacial score (nSPS) is 16.0. The number of benzene rings is 3. The number of carboxylic acid groups (broad SMARTS) is 1. The van der Waals surface area contributed by atoms with Crippen LogP contribution in [-0.4, -0.2) is 111 Å². The van der Waals surface area contributed by atoms with Crippen molar-refractivity contribution in [2.75, 3.05) is 50.8 Å². The lowest BCUT2D eigenvalue weighted by atomic mass is 9.86. The van der Waals surface area contributed by atoms with Crippen molar-refractivity contribution in [3.8, 4) is 11.1 Å². The summed E-state index contributed by atoms with van der Waals surface area (Å²) in [6.45, 7) is 1.62. The van der Waals surface area contributed by atoms with Crippen LogP contribution in [0.15, 0.2) is 95.6 Å². The number of anilines is 2. The number of hydrogen-bond acceptors (Lipinski definition) is 14. The van der Waals surface area contributed by atoms with Crippen molar-refractivity contribution >= 4 is 58.2 Å². The van der Waals surface area contributed by atoms with Crippen LogP contribution in [-0.2, 0) is 41.6 Å². The first-order chi connectivity index (χ1) is 31.9. The van der Waals surface area contributed by atoms with Gasteiger partial charge in [0.1, 0.15) is 11.7 Å². The number of nitrogen functional groups attached to an aromatic ring is 1.